The third-order valence-corrected chi connectivity index (χ3v) is 2.69. The van der Waals surface area contributed by atoms with Crippen LogP contribution in [0.2, 0.25) is 0 Å². The summed E-state index contributed by atoms with van der Waals surface area (Å²) in [6.45, 7) is 3.77. The van der Waals surface area contributed by atoms with Gasteiger partial charge in [-0.15, -0.1) is 0 Å². The molecule has 0 atom stereocenters. The van der Waals surface area contributed by atoms with E-state index in [1.807, 2.05) is 6.92 Å². The molecule has 0 saturated heterocycles. The highest BCUT2D eigenvalue weighted by Crippen LogP contribution is 2.24. The maximum atomic E-state index is 8.62. The highest BCUT2D eigenvalue weighted by Gasteiger charge is 2.16. The third-order valence-electron chi connectivity index (χ3n) is 2.69. The zero-order valence-electron chi connectivity index (χ0n) is 9.75. The molecule has 0 aromatic rings. The molecule has 0 spiro atoms. The summed E-state index contributed by atoms with van der Waals surface area (Å²) in [5, 5.41) is 8.62. The second-order valence-electron chi connectivity index (χ2n) is 3.88. The van der Waals surface area contributed by atoms with Gasteiger partial charge in [-0.2, -0.15) is 5.26 Å². The van der Waals surface area contributed by atoms with Gasteiger partial charge in [0.25, 0.3) is 0 Å². The Labute approximate surface area is 92.3 Å². The molecule has 1 heterocycles. The molecule has 15 heavy (non-hydrogen) atoms. The number of rotatable bonds is 4. The average molecular weight is 208 g/mol. The fourth-order valence-electron chi connectivity index (χ4n) is 1.95. The SMILES string of the molecule is CCOC1=C(CCC#N)CCCCN1C. The van der Waals surface area contributed by atoms with Crippen molar-refractivity contribution in [2.24, 2.45) is 0 Å². The molecular formula is C12H20N2O. The first-order valence-corrected chi connectivity index (χ1v) is 5.72. The Balaban J connectivity index is 2.76. The summed E-state index contributed by atoms with van der Waals surface area (Å²) >= 11 is 0. The van der Waals surface area contributed by atoms with Gasteiger partial charge >= 0.3 is 0 Å². The van der Waals surface area contributed by atoms with E-state index < -0.39 is 0 Å². The van der Waals surface area contributed by atoms with Crippen molar-refractivity contribution in [2.45, 2.75) is 39.0 Å². The summed E-state index contributed by atoms with van der Waals surface area (Å²) in [5.74, 6) is 1.02. The highest BCUT2D eigenvalue weighted by molar-refractivity contribution is 5.10. The Morgan fingerprint density at radius 3 is 2.93 bits per heavy atom. The van der Waals surface area contributed by atoms with Crippen LogP contribution in [0, 0.1) is 11.3 Å². The van der Waals surface area contributed by atoms with Gasteiger partial charge in [-0.1, -0.05) is 0 Å². The van der Waals surface area contributed by atoms with Crippen LogP contribution in [-0.2, 0) is 4.74 Å². The fourth-order valence-corrected chi connectivity index (χ4v) is 1.95. The Kier molecular flexibility index (Phi) is 5.03. The number of nitrogens with zero attached hydrogens (tertiary/aromatic N) is 2. The zero-order chi connectivity index (χ0) is 11.1. The van der Waals surface area contributed by atoms with E-state index >= 15 is 0 Å². The van der Waals surface area contributed by atoms with Crippen molar-refractivity contribution in [3.8, 4) is 6.07 Å². The van der Waals surface area contributed by atoms with Crippen molar-refractivity contribution in [3.63, 3.8) is 0 Å². The molecule has 0 N–H and O–H groups in total. The topological polar surface area (TPSA) is 36.3 Å². The van der Waals surface area contributed by atoms with Gasteiger partial charge in [0.15, 0.2) is 5.88 Å². The molecule has 0 aliphatic carbocycles. The second-order valence-corrected chi connectivity index (χ2v) is 3.88. The first kappa shape index (κ1) is 11.9. The van der Waals surface area contributed by atoms with E-state index in [9.17, 15) is 0 Å². The van der Waals surface area contributed by atoms with E-state index in [0.29, 0.717) is 13.0 Å². The molecular weight excluding hydrogens is 188 g/mol. The van der Waals surface area contributed by atoms with Crippen molar-refractivity contribution >= 4 is 0 Å². The lowest BCUT2D eigenvalue weighted by molar-refractivity contribution is 0.134. The van der Waals surface area contributed by atoms with E-state index in [1.54, 1.807) is 0 Å². The molecule has 0 radical (unpaired) electrons. The van der Waals surface area contributed by atoms with Crippen LogP contribution in [0.5, 0.6) is 0 Å². The minimum atomic E-state index is 0.597. The Bertz CT molecular complexity index is 265. The van der Waals surface area contributed by atoms with Crippen LogP contribution in [0.1, 0.15) is 39.0 Å². The van der Waals surface area contributed by atoms with E-state index in [0.717, 1.165) is 25.3 Å². The fraction of sp³-hybridized carbons (Fsp3) is 0.750. The van der Waals surface area contributed by atoms with Crippen LogP contribution >= 0.6 is 0 Å². The van der Waals surface area contributed by atoms with Gasteiger partial charge in [0.05, 0.1) is 12.7 Å². The molecule has 0 aromatic carbocycles. The van der Waals surface area contributed by atoms with Gasteiger partial charge in [-0.25, -0.2) is 0 Å². The molecule has 0 unspecified atom stereocenters. The molecule has 0 amide bonds. The third kappa shape index (κ3) is 3.47. The minimum absolute atomic E-state index is 0.597. The van der Waals surface area contributed by atoms with Crippen molar-refractivity contribution < 1.29 is 4.74 Å². The van der Waals surface area contributed by atoms with Crippen LogP contribution < -0.4 is 0 Å². The second kappa shape index (κ2) is 6.34. The molecule has 0 bridgehead atoms. The van der Waals surface area contributed by atoms with Crippen LogP contribution in [0.4, 0.5) is 0 Å². The number of nitriles is 1. The first-order chi connectivity index (χ1) is 7.29. The Morgan fingerprint density at radius 1 is 1.47 bits per heavy atom. The zero-order valence-corrected chi connectivity index (χ0v) is 9.75. The quantitative estimate of drug-likeness (QED) is 0.712. The van der Waals surface area contributed by atoms with Crippen LogP contribution in [0.15, 0.2) is 11.5 Å². The smallest absolute Gasteiger partial charge is 0.188 e. The maximum Gasteiger partial charge on any atom is 0.188 e. The summed E-state index contributed by atoms with van der Waals surface area (Å²) in [6.07, 6.45) is 4.96. The van der Waals surface area contributed by atoms with Crippen molar-refractivity contribution in [3.05, 3.63) is 11.5 Å². The lowest BCUT2D eigenvalue weighted by atomic mass is 10.1. The van der Waals surface area contributed by atoms with E-state index in [1.165, 1.54) is 18.4 Å². The van der Waals surface area contributed by atoms with Gasteiger partial charge < -0.3 is 9.64 Å². The van der Waals surface area contributed by atoms with Crippen LogP contribution in [0.3, 0.4) is 0 Å². The number of allylic oxidation sites excluding steroid dienone is 1. The average Bonchev–Trinajstić information content (AvgIpc) is 2.40. The molecule has 3 nitrogen and oxygen atoms in total. The van der Waals surface area contributed by atoms with Crippen LogP contribution in [-0.4, -0.2) is 25.1 Å². The van der Waals surface area contributed by atoms with Gasteiger partial charge in [-0.05, 0) is 38.2 Å². The summed E-state index contributed by atoms with van der Waals surface area (Å²) in [7, 11) is 2.07. The molecule has 0 fully saturated rings. The molecule has 1 aliphatic heterocycles. The van der Waals surface area contributed by atoms with Gasteiger partial charge in [0.2, 0.25) is 0 Å². The summed E-state index contributed by atoms with van der Waals surface area (Å²) in [5.41, 5.74) is 1.32. The van der Waals surface area contributed by atoms with Crippen LogP contribution in [0.25, 0.3) is 0 Å². The monoisotopic (exact) mass is 208 g/mol. The number of hydrogen-bond acceptors (Lipinski definition) is 3. The van der Waals surface area contributed by atoms with Crippen molar-refractivity contribution in [2.75, 3.05) is 20.2 Å². The number of ether oxygens (including phenoxy) is 1. The summed E-state index contributed by atoms with van der Waals surface area (Å²) in [4.78, 5) is 2.18. The lowest BCUT2D eigenvalue weighted by Gasteiger charge is -2.22. The molecule has 0 saturated carbocycles. The molecule has 3 heteroatoms. The first-order valence-electron chi connectivity index (χ1n) is 5.72. The van der Waals surface area contributed by atoms with Crippen molar-refractivity contribution in [1.82, 2.24) is 4.90 Å². The van der Waals surface area contributed by atoms with Crippen molar-refractivity contribution in [1.29, 1.82) is 5.26 Å². The molecule has 0 aromatic heterocycles. The molecule has 84 valence electrons. The standard InChI is InChI=1S/C12H20N2O/c1-3-15-12-11(8-6-9-13)7-4-5-10-14(12)2/h3-8,10H2,1-2H3. The maximum absolute atomic E-state index is 8.62. The van der Waals surface area contributed by atoms with Gasteiger partial charge in [0, 0.05) is 20.0 Å². The van der Waals surface area contributed by atoms with E-state index in [4.69, 9.17) is 10.00 Å². The largest absolute Gasteiger partial charge is 0.479 e. The van der Waals surface area contributed by atoms with E-state index in [2.05, 4.69) is 18.0 Å². The van der Waals surface area contributed by atoms with Gasteiger partial charge in [0.1, 0.15) is 0 Å². The Hall–Kier alpha value is -1.17. The predicted molar refractivity (Wildman–Crippen MR) is 60.0 cm³/mol. The van der Waals surface area contributed by atoms with Gasteiger partial charge in [-0.3, -0.25) is 0 Å². The predicted octanol–water partition coefficient (Wildman–Crippen LogP) is 2.65. The summed E-state index contributed by atoms with van der Waals surface area (Å²) < 4.78 is 5.68. The number of hydrogen-bond donors (Lipinski definition) is 0. The highest BCUT2D eigenvalue weighted by atomic mass is 16.5. The lowest BCUT2D eigenvalue weighted by Crippen LogP contribution is -2.21. The summed E-state index contributed by atoms with van der Waals surface area (Å²) in [6, 6.07) is 2.20. The normalized spacial score (nSPS) is 17.3. The van der Waals surface area contributed by atoms with E-state index in [-0.39, 0.29) is 0 Å². The molecule has 1 rings (SSSR count). The minimum Gasteiger partial charge on any atom is -0.479 e. The molecule has 1 aliphatic rings. The Morgan fingerprint density at radius 2 is 2.27 bits per heavy atom.